The van der Waals surface area contributed by atoms with E-state index in [0.29, 0.717) is 11.3 Å². The Bertz CT molecular complexity index is 1590. The molecule has 0 unspecified atom stereocenters. The van der Waals surface area contributed by atoms with Crippen LogP contribution in [0.2, 0.25) is 0 Å². The molecular weight excluding hydrogens is 434 g/mol. The fraction of sp³-hybridized carbons (Fsp3) is 0.343. The molecule has 1 aliphatic rings. The predicted octanol–water partition coefficient (Wildman–Crippen LogP) is 10.2. The molecule has 0 spiro atoms. The average molecular weight is 472 g/mol. The van der Waals surface area contributed by atoms with E-state index in [4.69, 9.17) is 4.98 Å². The van der Waals surface area contributed by atoms with Gasteiger partial charge in [0, 0.05) is 17.1 Å². The molecule has 36 heavy (non-hydrogen) atoms. The molecule has 1 nitrogen and oxygen atoms in total. The third-order valence-electron chi connectivity index (χ3n) is 8.54. The Morgan fingerprint density at radius 2 is 1.50 bits per heavy atom. The number of aromatic nitrogens is 1. The molecule has 0 radical (unpaired) electrons. The van der Waals surface area contributed by atoms with Crippen LogP contribution in [0.4, 0.5) is 0 Å². The van der Waals surface area contributed by atoms with Crippen LogP contribution in [-0.2, 0) is 5.41 Å². The van der Waals surface area contributed by atoms with Crippen molar-refractivity contribution < 1.29 is 0 Å². The zero-order valence-corrected chi connectivity index (χ0v) is 22.4. The molecule has 5 aromatic rings. The number of rotatable bonds is 2. The number of hydrogen-bond acceptors (Lipinski definition) is 1. The van der Waals surface area contributed by atoms with Crippen molar-refractivity contribution in [2.24, 2.45) is 5.41 Å². The summed E-state index contributed by atoms with van der Waals surface area (Å²) in [6.45, 7) is 11.8. The van der Waals surface area contributed by atoms with E-state index in [1.54, 1.807) is 0 Å². The van der Waals surface area contributed by atoms with Crippen LogP contribution in [0.25, 0.3) is 43.6 Å². The molecule has 0 atom stereocenters. The number of pyridine rings is 1. The molecule has 1 heterocycles. The van der Waals surface area contributed by atoms with Crippen molar-refractivity contribution in [3.63, 3.8) is 0 Å². The highest BCUT2D eigenvalue weighted by atomic mass is 14.7. The lowest BCUT2D eigenvalue weighted by Gasteiger charge is -2.35. The highest BCUT2D eigenvalue weighted by Gasteiger charge is 2.28. The minimum atomic E-state index is 0.0458. The van der Waals surface area contributed by atoms with Crippen molar-refractivity contribution in [1.29, 1.82) is 0 Å². The number of hydrogen-bond donors (Lipinski definition) is 0. The van der Waals surface area contributed by atoms with Gasteiger partial charge < -0.3 is 0 Å². The Balaban J connectivity index is 1.59. The van der Waals surface area contributed by atoms with Gasteiger partial charge in [-0.05, 0) is 98.7 Å². The fourth-order valence-corrected chi connectivity index (χ4v) is 6.41. The third kappa shape index (κ3) is 3.99. The molecule has 0 amide bonds. The van der Waals surface area contributed by atoms with E-state index in [0.717, 1.165) is 5.69 Å². The van der Waals surface area contributed by atoms with Crippen LogP contribution in [0.1, 0.15) is 77.3 Å². The second-order valence-corrected chi connectivity index (χ2v) is 12.7. The van der Waals surface area contributed by atoms with E-state index in [9.17, 15) is 0 Å². The summed E-state index contributed by atoms with van der Waals surface area (Å²) in [7, 11) is 0. The first-order chi connectivity index (χ1) is 17.2. The quantitative estimate of drug-likeness (QED) is 0.233. The van der Waals surface area contributed by atoms with Gasteiger partial charge in [0.25, 0.3) is 0 Å². The van der Waals surface area contributed by atoms with E-state index in [1.807, 2.05) is 6.20 Å². The zero-order valence-electron chi connectivity index (χ0n) is 22.4. The molecule has 6 rings (SSSR count). The summed E-state index contributed by atoms with van der Waals surface area (Å²) in [5, 5.41) is 7.90. The van der Waals surface area contributed by atoms with Gasteiger partial charge in [0.15, 0.2) is 0 Å². The lowest BCUT2D eigenvalue weighted by molar-refractivity contribution is 0.225. The van der Waals surface area contributed by atoms with Gasteiger partial charge >= 0.3 is 0 Å². The van der Waals surface area contributed by atoms with Crippen molar-refractivity contribution in [3.05, 3.63) is 90.1 Å². The molecule has 0 N–H and O–H groups in total. The van der Waals surface area contributed by atoms with Gasteiger partial charge in [-0.1, -0.05) is 89.2 Å². The Hall–Kier alpha value is -3.19. The monoisotopic (exact) mass is 471 g/mol. The number of fused-ring (bicyclic) bond motifs is 4. The summed E-state index contributed by atoms with van der Waals surface area (Å²) in [5.74, 6) is 0.646. The van der Waals surface area contributed by atoms with Crippen LogP contribution < -0.4 is 0 Å². The molecule has 0 saturated heterocycles. The second kappa shape index (κ2) is 8.44. The predicted molar refractivity (Wildman–Crippen MR) is 156 cm³/mol. The Morgan fingerprint density at radius 3 is 2.28 bits per heavy atom. The number of benzene rings is 4. The van der Waals surface area contributed by atoms with E-state index >= 15 is 0 Å². The maximum absolute atomic E-state index is 5.02. The number of nitrogens with zero attached hydrogens (tertiary/aromatic N) is 1. The second-order valence-electron chi connectivity index (χ2n) is 12.7. The summed E-state index contributed by atoms with van der Waals surface area (Å²) >= 11 is 0. The summed E-state index contributed by atoms with van der Waals surface area (Å²) < 4.78 is 0. The Labute approximate surface area is 215 Å². The normalized spacial score (nSPS) is 16.7. The molecule has 0 bridgehead atoms. The molecule has 1 fully saturated rings. The molecule has 0 aliphatic heterocycles. The van der Waals surface area contributed by atoms with Crippen LogP contribution in [-0.4, -0.2) is 4.98 Å². The van der Waals surface area contributed by atoms with Crippen LogP contribution in [0.15, 0.2) is 79.0 Å². The molecule has 1 aromatic heterocycles. The molecule has 182 valence electrons. The fourth-order valence-electron chi connectivity index (χ4n) is 6.41. The van der Waals surface area contributed by atoms with Gasteiger partial charge in [0.1, 0.15) is 0 Å². The third-order valence-corrected chi connectivity index (χ3v) is 8.54. The zero-order chi connectivity index (χ0) is 25.1. The first kappa shape index (κ1) is 23.2. The summed E-state index contributed by atoms with van der Waals surface area (Å²) in [4.78, 5) is 5.02. The smallest absolute Gasteiger partial charge is 0.0786 e. The van der Waals surface area contributed by atoms with E-state index in [1.165, 1.54) is 74.7 Å². The highest BCUT2D eigenvalue weighted by molar-refractivity contribution is 6.14. The van der Waals surface area contributed by atoms with E-state index in [2.05, 4.69) is 107 Å². The first-order valence-electron chi connectivity index (χ1n) is 13.6. The van der Waals surface area contributed by atoms with Gasteiger partial charge in [-0.25, -0.2) is 0 Å². The van der Waals surface area contributed by atoms with Crippen LogP contribution in [0, 0.1) is 5.41 Å². The van der Waals surface area contributed by atoms with Crippen LogP contribution in [0.5, 0.6) is 0 Å². The van der Waals surface area contributed by atoms with Gasteiger partial charge in [0.2, 0.25) is 0 Å². The van der Waals surface area contributed by atoms with Gasteiger partial charge in [-0.2, -0.15) is 0 Å². The first-order valence-corrected chi connectivity index (χ1v) is 13.6. The molecule has 1 heteroatoms. The maximum Gasteiger partial charge on any atom is 0.0786 e. The largest absolute Gasteiger partial charge is 0.256 e. The summed E-state index contributed by atoms with van der Waals surface area (Å²) in [5.41, 5.74) is 5.72. The Kier molecular flexibility index (Phi) is 5.45. The average Bonchev–Trinajstić information content (AvgIpc) is 2.86. The van der Waals surface area contributed by atoms with E-state index in [-0.39, 0.29) is 5.41 Å². The van der Waals surface area contributed by atoms with Crippen molar-refractivity contribution in [1.82, 2.24) is 4.98 Å². The van der Waals surface area contributed by atoms with Crippen LogP contribution in [0.3, 0.4) is 0 Å². The van der Waals surface area contributed by atoms with E-state index < -0.39 is 0 Å². The standard InChI is InChI=1S/C35H37N/c1-34(2,3)31-22-26(21-25-9-6-7-10-28(25)31)33-32-24(17-20-36-33)13-14-29-27(11-8-12-30(29)32)23-15-18-35(4,5)19-16-23/h6-14,17,20-23H,15-16,18-19H2,1-5H3. The summed E-state index contributed by atoms with van der Waals surface area (Å²) in [6.07, 6.45) is 7.15. The molecule has 4 aromatic carbocycles. The lowest BCUT2D eigenvalue weighted by Crippen LogP contribution is -2.20. The van der Waals surface area contributed by atoms with Crippen LogP contribution >= 0.6 is 0 Å². The lowest BCUT2D eigenvalue weighted by atomic mass is 9.70. The van der Waals surface area contributed by atoms with Crippen molar-refractivity contribution >= 4 is 32.3 Å². The molecule has 1 aliphatic carbocycles. The van der Waals surface area contributed by atoms with Crippen molar-refractivity contribution in [2.45, 2.75) is 71.6 Å². The van der Waals surface area contributed by atoms with Gasteiger partial charge in [-0.15, -0.1) is 0 Å². The topological polar surface area (TPSA) is 12.9 Å². The van der Waals surface area contributed by atoms with Gasteiger partial charge in [-0.3, -0.25) is 4.98 Å². The van der Waals surface area contributed by atoms with Crippen molar-refractivity contribution in [2.75, 3.05) is 0 Å². The SMILES string of the molecule is CC1(C)CCC(c2cccc3c2ccc2ccnc(-c4cc(C(C)(C)C)c5ccccc5c4)c23)CC1. The minimum Gasteiger partial charge on any atom is -0.256 e. The highest BCUT2D eigenvalue weighted by Crippen LogP contribution is 2.45. The minimum absolute atomic E-state index is 0.0458. The Morgan fingerprint density at radius 1 is 0.750 bits per heavy atom. The van der Waals surface area contributed by atoms with Crippen molar-refractivity contribution in [3.8, 4) is 11.3 Å². The molecule has 1 saturated carbocycles. The van der Waals surface area contributed by atoms with Gasteiger partial charge in [0.05, 0.1) is 5.69 Å². The molecular formula is C35H37N. The summed E-state index contributed by atoms with van der Waals surface area (Å²) in [6, 6.07) is 27.3. The maximum atomic E-state index is 5.02.